The van der Waals surface area contributed by atoms with Crippen LogP contribution in [0.5, 0.6) is 0 Å². The standard InChI is InChI=1S/C10H18N4/c1-14(2)7-3-4-11-8-10-9-12-5-6-13-10/h5-6,9,11H,3-4,7-8H2,1-2H3. The lowest BCUT2D eigenvalue weighted by molar-refractivity contribution is 0.394. The lowest BCUT2D eigenvalue weighted by Crippen LogP contribution is -2.21. The summed E-state index contributed by atoms with van der Waals surface area (Å²) in [5, 5.41) is 3.33. The smallest absolute Gasteiger partial charge is 0.0724 e. The molecule has 1 heterocycles. The summed E-state index contributed by atoms with van der Waals surface area (Å²) in [6, 6.07) is 0. The highest BCUT2D eigenvalue weighted by molar-refractivity contribution is 4.93. The molecule has 4 heteroatoms. The van der Waals surface area contributed by atoms with Crippen LogP contribution in [0, 0.1) is 0 Å². The Morgan fingerprint density at radius 1 is 1.36 bits per heavy atom. The second-order valence-corrected chi connectivity index (χ2v) is 3.53. The first kappa shape index (κ1) is 11.1. The average Bonchev–Trinajstić information content (AvgIpc) is 2.18. The Balaban J connectivity index is 2.05. The van der Waals surface area contributed by atoms with Crippen molar-refractivity contribution in [1.29, 1.82) is 0 Å². The minimum atomic E-state index is 0.807. The van der Waals surface area contributed by atoms with Gasteiger partial charge >= 0.3 is 0 Å². The molecule has 0 unspecified atom stereocenters. The molecule has 0 amide bonds. The van der Waals surface area contributed by atoms with Crippen molar-refractivity contribution in [3.63, 3.8) is 0 Å². The average molecular weight is 194 g/mol. The summed E-state index contributed by atoms with van der Waals surface area (Å²) < 4.78 is 0. The molecule has 4 nitrogen and oxygen atoms in total. The second kappa shape index (κ2) is 6.45. The van der Waals surface area contributed by atoms with Crippen molar-refractivity contribution in [3.05, 3.63) is 24.3 Å². The highest BCUT2D eigenvalue weighted by atomic mass is 15.1. The fraction of sp³-hybridized carbons (Fsp3) is 0.600. The Hall–Kier alpha value is -1.00. The van der Waals surface area contributed by atoms with E-state index in [1.807, 2.05) is 0 Å². The third kappa shape index (κ3) is 4.89. The number of hydrogen-bond acceptors (Lipinski definition) is 4. The molecule has 1 aromatic heterocycles. The van der Waals surface area contributed by atoms with Crippen LogP contribution in [-0.2, 0) is 6.54 Å². The van der Waals surface area contributed by atoms with E-state index in [0.717, 1.165) is 31.7 Å². The number of aromatic nitrogens is 2. The maximum atomic E-state index is 4.18. The van der Waals surface area contributed by atoms with E-state index in [9.17, 15) is 0 Å². The predicted molar refractivity (Wildman–Crippen MR) is 56.9 cm³/mol. The maximum absolute atomic E-state index is 4.18. The van der Waals surface area contributed by atoms with Gasteiger partial charge in [0.2, 0.25) is 0 Å². The molecule has 0 saturated heterocycles. The van der Waals surface area contributed by atoms with E-state index in [-0.39, 0.29) is 0 Å². The first-order valence-corrected chi connectivity index (χ1v) is 4.89. The fourth-order valence-electron chi connectivity index (χ4n) is 1.16. The monoisotopic (exact) mass is 194 g/mol. The number of rotatable bonds is 6. The maximum Gasteiger partial charge on any atom is 0.0724 e. The van der Waals surface area contributed by atoms with Gasteiger partial charge < -0.3 is 10.2 Å². The summed E-state index contributed by atoms with van der Waals surface area (Å²) in [6.45, 7) is 2.95. The van der Waals surface area contributed by atoms with Crippen LogP contribution in [0.25, 0.3) is 0 Å². The van der Waals surface area contributed by atoms with Crippen molar-refractivity contribution in [3.8, 4) is 0 Å². The summed E-state index contributed by atoms with van der Waals surface area (Å²) in [5.41, 5.74) is 0.998. The van der Waals surface area contributed by atoms with Gasteiger partial charge in [-0.1, -0.05) is 0 Å². The van der Waals surface area contributed by atoms with E-state index in [1.165, 1.54) is 0 Å². The van der Waals surface area contributed by atoms with Crippen molar-refractivity contribution in [1.82, 2.24) is 20.2 Å². The summed E-state index contributed by atoms with van der Waals surface area (Å²) in [6.07, 6.45) is 6.36. The van der Waals surface area contributed by atoms with Gasteiger partial charge in [0.05, 0.1) is 5.69 Å². The Kier molecular flexibility index (Phi) is 5.11. The Bertz CT molecular complexity index is 235. The molecular weight excluding hydrogens is 176 g/mol. The lowest BCUT2D eigenvalue weighted by atomic mass is 10.4. The van der Waals surface area contributed by atoms with Gasteiger partial charge in [0.1, 0.15) is 0 Å². The van der Waals surface area contributed by atoms with E-state index < -0.39 is 0 Å². The zero-order chi connectivity index (χ0) is 10.2. The van der Waals surface area contributed by atoms with Gasteiger partial charge in [-0.15, -0.1) is 0 Å². The topological polar surface area (TPSA) is 41.0 Å². The van der Waals surface area contributed by atoms with Gasteiger partial charge in [-0.25, -0.2) is 0 Å². The zero-order valence-corrected chi connectivity index (χ0v) is 8.90. The van der Waals surface area contributed by atoms with Crippen molar-refractivity contribution in [2.24, 2.45) is 0 Å². The quantitative estimate of drug-likeness (QED) is 0.670. The van der Waals surface area contributed by atoms with Crippen molar-refractivity contribution in [2.45, 2.75) is 13.0 Å². The minimum Gasteiger partial charge on any atom is -0.311 e. The normalized spacial score (nSPS) is 10.8. The molecule has 0 atom stereocenters. The molecule has 0 aliphatic rings. The minimum absolute atomic E-state index is 0.807. The molecule has 0 fully saturated rings. The van der Waals surface area contributed by atoms with Gasteiger partial charge in [-0.05, 0) is 33.6 Å². The first-order valence-electron chi connectivity index (χ1n) is 4.89. The van der Waals surface area contributed by atoms with Crippen molar-refractivity contribution in [2.75, 3.05) is 27.2 Å². The summed E-state index contributed by atoms with van der Waals surface area (Å²) in [4.78, 5) is 10.4. The number of hydrogen-bond donors (Lipinski definition) is 1. The van der Waals surface area contributed by atoms with E-state index in [1.54, 1.807) is 18.6 Å². The van der Waals surface area contributed by atoms with Crippen LogP contribution in [0.2, 0.25) is 0 Å². The van der Waals surface area contributed by atoms with Crippen LogP contribution in [0.4, 0.5) is 0 Å². The third-order valence-electron chi connectivity index (χ3n) is 1.88. The van der Waals surface area contributed by atoms with Crippen LogP contribution in [-0.4, -0.2) is 42.1 Å². The van der Waals surface area contributed by atoms with E-state index in [0.29, 0.717) is 0 Å². The third-order valence-corrected chi connectivity index (χ3v) is 1.88. The highest BCUT2D eigenvalue weighted by Crippen LogP contribution is 1.89. The molecule has 0 radical (unpaired) electrons. The Labute approximate surface area is 85.4 Å². The van der Waals surface area contributed by atoms with E-state index in [2.05, 4.69) is 34.3 Å². The molecule has 14 heavy (non-hydrogen) atoms. The Morgan fingerprint density at radius 3 is 2.86 bits per heavy atom. The molecule has 0 bridgehead atoms. The molecular formula is C10H18N4. The van der Waals surface area contributed by atoms with Crippen LogP contribution in [0.15, 0.2) is 18.6 Å². The number of nitrogens with zero attached hydrogens (tertiary/aromatic N) is 3. The molecule has 78 valence electrons. The molecule has 1 N–H and O–H groups in total. The summed E-state index contributed by atoms with van der Waals surface area (Å²) in [5.74, 6) is 0. The molecule has 0 aliphatic heterocycles. The van der Waals surface area contributed by atoms with Crippen LogP contribution in [0.3, 0.4) is 0 Å². The van der Waals surface area contributed by atoms with Crippen molar-refractivity contribution < 1.29 is 0 Å². The van der Waals surface area contributed by atoms with Crippen molar-refractivity contribution >= 4 is 0 Å². The largest absolute Gasteiger partial charge is 0.311 e. The van der Waals surface area contributed by atoms with E-state index in [4.69, 9.17) is 0 Å². The summed E-state index contributed by atoms with van der Waals surface area (Å²) >= 11 is 0. The van der Waals surface area contributed by atoms with Gasteiger partial charge in [0.15, 0.2) is 0 Å². The van der Waals surface area contributed by atoms with Crippen LogP contribution < -0.4 is 5.32 Å². The molecule has 0 spiro atoms. The number of nitrogens with one attached hydrogen (secondary N) is 1. The van der Waals surface area contributed by atoms with Gasteiger partial charge in [-0.2, -0.15) is 0 Å². The van der Waals surface area contributed by atoms with Crippen LogP contribution >= 0.6 is 0 Å². The predicted octanol–water partition coefficient (Wildman–Crippen LogP) is 0.518. The van der Waals surface area contributed by atoms with Crippen LogP contribution in [0.1, 0.15) is 12.1 Å². The molecule has 1 rings (SSSR count). The molecule has 1 aromatic rings. The SMILES string of the molecule is CN(C)CCCNCc1cnccn1. The zero-order valence-electron chi connectivity index (χ0n) is 8.90. The molecule has 0 aliphatic carbocycles. The lowest BCUT2D eigenvalue weighted by Gasteiger charge is -2.09. The van der Waals surface area contributed by atoms with Gasteiger partial charge in [-0.3, -0.25) is 9.97 Å². The fourth-order valence-corrected chi connectivity index (χ4v) is 1.16. The molecule has 0 aromatic carbocycles. The van der Waals surface area contributed by atoms with E-state index >= 15 is 0 Å². The molecule has 0 saturated carbocycles. The van der Waals surface area contributed by atoms with Gasteiger partial charge in [0.25, 0.3) is 0 Å². The Morgan fingerprint density at radius 2 is 2.21 bits per heavy atom. The van der Waals surface area contributed by atoms with Gasteiger partial charge in [0, 0.05) is 25.1 Å². The highest BCUT2D eigenvalue weighted by Gasteiger charge is 1.93. The second-order valence-electron chi connectivity index (χ2n) is 3.53. The first-order chi connectivity index (χ1) is 6.79. The summed E-state index contributed by atoms with van der Waals surface area (Å²) in [7, 11) is 4.17.